The van der Waals surface area contributed by atoms with Crippen molar-refractivity contribution in [3.63, 3.8) is 0 Å². The molecule has 8 heteroatoms. The number of anilines is 1. The minimum Gasteiger partial charge on any atom is -0.465 e. The van der Waals surface area contributed by atoms with Crippen LogP contribution in [0.25, 0.3) is 0 Å². The van der Waals surface area contributed by atoms with Crippen LogP contribution in [0.2, 0.25) is 0 Å². The molecule has 1 rings (SSSR count). The second-order valence-corrected chi connectivity index (χ2v) is 5.99. The van der Waals surface area contributed by atoms with Crippen LogP contribution in [0.15, 0.2) is 0 Å². The monoisotopic (exact) mass is 303 g/mol. The lowest BCUT2D eigenvalue weighted by Gasteiger charge is -2.09. The molecule has 1 amide bonds. The van der Waals surface area contributed by atoms with Crippen molar-refractivity contribution in [3.05, 3.63) is 5.01 Å². The van der Waals surface area contributed by atoms with Crippen LogP contribution in [0.4, 0.5) is 5.13 Å². The zero-order valence-corrected chi connectivity index (χ0v) is 12.8. The lowest BCUT2D eigenvalue weighted by Crippen LogP contribution is -2.24. The van der Waals surface area contributed by atoms with Crippen molar-refractivity contribution in [1.29, 1.82) is 0 Å². The second kappa shape index (κ2) is 8.11. The highest BCUT2D eigenvalue weighted by Gasteiger charge is 2.17. The smallest absolute Gasteiger partial charge is 0.315 e. The number of aromatic nitrogens is 2. The molecule has 0 aliphatic rings. The molecule has 0 aromatic carbocycles. The summed E-state index contributed by atoms with van der Waals surface area (Å²) in [5.41, 5.74) is 0. The lowest BCUT2D eigenvalue weighted by atomic mass is 10.4. The third-order valence-electron chi connectivity index (χ3n) is 2.13. The number of carbonyl (C=O) groups excluding carboxylic acids is 2. The van der Waals surface area contributed by atoms with E-state index >= 15 is 0 Å². The van der Waals surface area contributed by atoms with Crippen molar-refractivity contribution in [3.8, 4) is 0 Å². The molecule has 0 saturated heterocycles. The number of aryl methyl sites for hydroxylation is 1. The van der Waals surface area contributed by atoms with Gasteiger partial charge < -0.3 is 4.74 Å². The van der Waals surface area contributed by atoms with Crippen LogP contribution >= 0.6 is 23.1 Å². The van der Waals surface area contributed by atoms with Gasteiger partial charge >= 0.3 is 5.97 Å². The number of hydrogen-bond donors (Lipinski definition) is 1. The molecule has 6 nitrogen and oxygen atoms in total. The fourth-order valence-electron chi connectivity index (χ4n) is 1.13. The largest absolute Gasteiger partial charge is 0.465 e. The molecule has 0 fully saturated rings. The number of ether oxygens (including phenoxy) is 1. The fourth-order valence-corrected chi connectivity index (χ4v) is 2.49. The summed E-state index contributed by atoms with van der Waals surface area (Å²) in [6, 6.07) is 0. The summed E-state index contributed by atoms with van der Waals surface area (Å²) in [6.07, 6.45) is 0.792. The number of hydrogen-bond acceptors (Lipinski definition) is 7. The van der Waals surface area contributed by atoms with Gasteiger partial charge in [-0.1, -0.05) is 18.3 Å². The van der Waals surface area contributed by atoms with E-state index in [-0.39, 0.29) is 22.9 Å². The van der Waals surface area contributed by atoms with E-state index in [4.69, 9.17) is 4.74 Å². The average molecular weight is 303 g/mol. The standard InChI is InChI=1S/C11H17N3O3S2/c1-4-8-13-14-11(19-8)12-10(16)7(3)18-6-9(15)17-5-2/h7H,4-6H2,1-3H3,(H,12,14,16). The van der Waals surface area contributed by atoms with Crippen LogP contribution in [0, 0.1) is 0 Å². The fraction of sp³-hybridized carbons (Fsp3) is 0.636. The highest BCUT2D eigenvalue weighted by atomic mass is 32.2. The maximum atomic E-state index is 11.8. The topological polar surface area (TPSA) is 81.2 Å². The van der Waals surface area contributed by atoms with E-state index in [2.05, 4.69) is 15.5 Å². The summed E-state index contributed by atoms with van der Waals surface area (Å²) in [5, 5.41) is 11.5. The quantitative estimate of drug-likeness (QED) is 0.773. The number of thioether (sulfide) groups is 1. The second-order valence-electron chi connectivity index (χ2n) is 3.60. The molecule has 1 atom stereocenters. The number of amides is 1. The van der Waals surface area contributed by atoms with Crippen LogP contribution < -0.4 is 5.32 Å². The predicted octanol–water partition coefficient (Wildman–Crippen LogP) is 1.72. The Hall–Kier alpha value is -1.15. The van der Waals surface area contributed by atoms with Gasteiger partial charge in [-0.3, -0.25) is 14.9 Å². The van der Waals surface area contributed by atoms with Gasteiger partial charge in [-0.05, 0) is 20.3 Å². The van der Waals surface area contributed by atoms with Gasteiger partial charge in [0.05, 0.1) is 17.6 Å². The van der Waals surface area contributed by atoms with E-state index in [1.807, 2.05) is 6.92 Å². The maximum absolute atomic E-state index is 11.8. The van der Waals surface area contributed by atoms with Gasteiger partial charge in [0.15, 0.2) is 0 Å². The summed E-state index contributed by atoms with van der Waals surface area (Å²) >= 11 is 2.59. The van der Waals surface area contributed by atoms with Gasteiger partial charge in [-0.2, -0.15) is 0 Å². The minimum absolute atomic E-state index is 0.165. The number of esters is 1. The molecule has 0 aliphatic heterocycles. The van der Waals surface area contributed by atoms with Gasteiger partial charge in [-0.25, -0.2) is 0 Å². The Morgan fingerprint density at radius 1 is 1.42 bits per heavy atom. The van der Waals surface area contributed by atoms with E-state index in [9.17, 15) is 9.59 Å². The summed E-state index contributed by atoms with van der Waals surface area (Å²) in [6.45, 7) is 5.81. The van der Waals surface area contributed by atoms with Crippen molar-refractivity contribution in [2.75, 3.05) is 17.7 Å². The normalized spacial score (nSPS) is 11.9. The Bertz CT molecular complexity index is 437. The Morgan fingerprint density at radius 3 is 2.74 bits per heavy atom. The Morgan fingerprint density at radius 2 is 2.16 bits per heavy atom. The molecule has 19 heavy (non-hydrogen) atoms. The molecule has 0 spiro atoms. The van der Waals surface area contributed by atoms with Gasteiger partial charge in [-0.15, -0.1) is 22.0 Å². The van der Waals surface area contributed by atoms with Crippen LogP contribution in [0.3, 0.4) is 0 Å². The van der Waals surface area contributed by atoms with Crippen molar-refractivity contribution < 1.29 is 14.3 Å². The third kappa shape index (κ3) is 5.56. The van der Waals surface area contributed by atoms with E-state index < -0.39 is 0 Å². The maximum Gasteiger partial charge on any atom is 0.315 e. The van der Waals surface area contributed by atoms with E-state index in [1.165, 1.54) is 23.1 Å². The summed E-state index contributed by atoms with van der Waals surface area (Å²) in [7, 11) is 0. The lowest BCUT2D eigenvalue weighted by molar-refractivity contribution is -0.139. The molecular weight excluding hydrogens is 286 g/mol. The van der Waals surface area contributed by atoms with Crippen molar-refractivity contribution in [2.45, 2.75) is 32.4 Å². The molecule has 0 radical (unpaired) electrons. The number of carbonyl (C=O) groups is 2. The third-order valence-corrected chi connectivity index (χ3v) is 4.22. The first-order chi connectivity index (χ1) is 9.06. The Balaban J connectivity index is 2.38. The van der Waals surface area contributed by atoms with Crippen LogP contribution in [-0.2, 0) is 20.7 Å². The Kier molecular flexibility index (Phi) is 6.79. The molecule has 106 valence electrons. The molecule has 1 heterocycles. The molecule has 1 aromatic rings. The first-order valence-electron chi connectivity index (χ1n) is 5.97. The zero-order valence-electron chi connectivity index (χ0n) is 11.1. The van der Waals surface area contributed by atoms with Gasteiger partial charge in [0.2, 0.25) is 11.0 Å². The van der Waals surface area contributed by atoms with Gasteiger partial charge in [0.25, 0.3) is 0 Å². The van der Waals surface area contributed by atoms with E-state index in [0.717, 1.165) is 11.4 Å². The molecule has 0 bridgehead atoms. The molecule has 1 aromatic heterocycles. The minimum atomic E-state index is -0.349. The molecule has 1 N–H and O–H groups in total. The van der Waals surface area contributed by atoms with Gasteiger partial charge in [0, 0.05) is 0 Å². The first kappa shape index (κ1) is 15.9. The Labute approximate surface area is 120 Å². The number of nitrogens with zero attached hydrogens (tertiary/aromatic N) is 2. The number of rotatable bonds is 7. The summed E-state index contributed by atoms with van der Waals surface area (Å²) < 4.78 is 4.80. The van der Waals surface area contributed by atoms with Crippen molar-refractivity contribution in [2.24, 2.45) is 0 Å². The van der Waals surface area contributed by atoms with Crippen LogP contribution in [0.5, 0.6) is 0 Å². The molecule has 0 saturated carbocycles. The van der Waals surface area contributed by atoms with Crippen molar-refractivity contribution >= 4 is 40.1 Å². The zero-order chi connectivity index (χ0) is 14.3. The predicted molar refractivity (Wildman–Crippen MR) is 76.5 cm³/mol. The van der Waals surface area contributed by atoms with Crippen LogP contribution in [-0.4, -0.2) is 39.7 Å². The molecule has 1 unspecified atom stereocenters. The first-order valence-corrected chi connectivity index (χ1v) is 7.83. The highest BCUT2D eigenvalue weighted by molar-refractivity contribution is 8.01. The summed E-state index contributed by atoms with van der Waals surface area (Å²) in [4.78, 5) is 23.0. The average Bonchev–Trinajstić information content (AvgIpc) is 2.83. The van der Waals surface area contributed by atoms with E-state index in [0.29, 0.717) is 11.7 Å². The van der Waals surface area contributed by atoms with Crippen molar-refractivity contribution in [1.82, 2.24) is 10.2 Å². The highest BCUT2D eigenvalue weighted by Crippen LogP contribution is 2.18. The molecule has 0 aliphatic carbocycles. The van der Waals surface area contributed by atoms with E-state index in [1.54, 1.807) is 13.8 Å². The molecular formula is C11H17N3O3S2. The van der Waals surface area contributed by atoms with Crippen LogP contribution in [0.1, 0.15) is 25.8 Å². The van der Waals surface area contributed by atoms with Gasteiger partial charge in [0.1, 0.15) is 5.01 Å². The number of nitrogens with one attached hydrogen (secondary N) is 1. The summed E-state index contributed by atoms with van der Waals surface area (Å²) in [5.74, 6) is -0.330. The SMILES string of the molecule is CCOC(=O)CSC(C)C(=O)Nc1nnc(CC)s1.